The first-order chi connectivity index (χ1) is 14.9. The van der Waals surface area contributed by atoms with Crippen LogP contribution in [0.15, 0.2) is 41.0 Å². The number of fused-ring (bicyclic) bond motifs is 1. The third kappa shape index (κ3) is 4.67. The first-order valence-electron chi connectivity index (χ1n) is 10.0. The van der Waals surface area contributed by atoms with Gasteiger partial charge in [0.15, 0.2) is 5.65 Å². The van der Waals surface area contributed by atoms with E-state index in [9.17, 15) is 9.59 Å². The van der Waals surface area contributed by atoms with Crippen molar-refractivity contribution in [3.63, 3.8) is 0 Å². The van der Waals surface area contributed by atoms with Gasteiger partial charge in [-0.15, -0.1) is 0 Å². The van der Waals surface area contributed by atoms with Crippen LogP contribution < -0.4 is 10.6 Å². The Morgan fingerprint density at radius 3 is 2.97 bits per heavy atom. The van der Waals surface area contributed by atoms with Gasteiger partial charge in [-0.1, -0.05) is 29.8 Å². The number of anilines is 1. The highest BCUT2D eigenvalue weighted by Gasteiger charge is 2.29. The van der Waals surface area contributed by atoms with E-state index in [1.807, 2.05) is 30.3 Å². The van der Waals surface area contributed by atoms with Crippen molar-refractivity contribution in [2.75, 3.05) is 25.5 Å². The van der Waals surface area contributed by atoms with Crippen molar-refractivity contribution in [3.05, 3.63) is 46.0 Å². The molecule has 0 bridgehead atoms. The van der Waals surface area contributed by atoms with Gasteiger partial charge in [-0.2, -0.15) is 9.61 Å². The molecule has 1 unspecified atom stereocenters. The summed E-state index contributed by atoms with van der Waals surface area (Å²) in [4.78, 5) is 30.1. The summed E-state index contributed by atoms with van der Waals surface area (Å²) in [5.41, 5.74) is 2.27. The molecule has 2 aromatic heterocycles. The zero-order valence-electron chi connectivity index (χ0n) is 16.9. The average Bonchev–Trinajstić information content (AvgIpc) is 3.36. The number of amides is 2. The summed E-state index contributed by atoms with van der Waals surface area (Å²) in [6.45, 7) is 1.21. The van der Waals surface area contributed by atoms with Crippen LogP contribution in [-0.4, -0.2) is 57.5 Å². The minimum Gasteiger partial charge on any atom is -0.370 e. The zero-order chi connectivity index (χ0) is 22.0. The lowest BCUT2D eigenvalue weighted by atomic mass is 10.1. The molecule has 31 heavy (non-hydrogen) atoms. The highest BCUT2D eigenvalue weighted by molar-refractivity contribution is 9.10. The maximum Gasteiger partial charge on any atom is 0.244 e. The Morgan fingerprint density at radius 2 is 2.23 bits per heavy atom. The van der Waals surface area contributed by atoms with Crippen molar-refractivity contribution >= 4 is 50.8 Å². The highest BCUT2D eigenvalue weighted by atomic mass is 79.9. The third-order valence-electron chi connectivity index (χ3n) is 5.22. The van der Waals surface area contributed by atoms with Crippen LogP contribution in [-0.2, 0) is 9.59 Å². The van der Waals surface area contributed by atoms with Crippen LogP contribution in [0.2, 0.25) is 5.02 Å². The molecular weight excluding hydrogens is 484 g/mol. The molecule has 1 aromatic carbocycles. The number of carbonyl (C=O) groups excluding carboxylic acids is 2. The number of carbonyl (C=O) groups is 2. The van der Waals surface area contributed by atoms with Crippen molar-refractivity contribution in [2.24, 2.45) is 0 Å². The van der Waals surface area contributed by atoms with E-state index in [2.05, 4.69) is 31.7 Å². The van der Waals surface area contributed by atoms with Gasteiger partial charge in [0, 0.05) is 43.2 Å². The number of aromatic nitrogens is 3. The van der Waals surface area contributed by atoms with Crippen LogP contribution >= 0.6 is 27.5 Å². The number of nitrogens with one attached hydrogen (secondary N) is 2. The number of hydrogen-bond donors (Lipinski definition) is 2. The molecule has 2 N–H and O–H groups in total. The number of rotatable bonds is 7. The minimum atomic E-state index is -0.398. The van der Waals surface area contributed by atoms with E-state index in [1.165, 1.54) is 0 Å². The number of benzene rings is 1. The number of likely N-dealkylation sites (N-methyl/N-ethyl adjacent to an activating group) is 1. The summed E-state index contributed by atoms with van der Waals surface area (Å²) in [5, 5.41) is 11.1. The number of halogens is 2. The molecule has 0 spiro atoms. The Bertz CT molecular complexity index is 1130. The van der Waals surface area contributed by atoms with Gasteiger partial charge in [-0.3, -0.25) is 9.59 Å². The van der Waals surface area contributed by atoms with E-state index in [1.54, 1.807) is 22.7 Å². The summed E-state index contributed by atoms with van der Waals surface area (Å²) in [6.07, 6.45) is 3.41. The van der Waals surface area contributed by atoms with Gasteiger partial charge in [0.25, 0.3) is 0 Å². The second kappa shape index (κ2) is 9.23. The van der Waals surface area contributed by atoms with Crippen LogP contribution in [0.25, 0.3) is 16.9 Å². The SMILES string of the molecule is CN(CCCNc1cc(-c2ccccc2Cl)nc2c(Br)cnn12)C(=O)C1CCC(=O)N1. The summed E-state index contributed by atoms with van der Waals surface area (Å²) in [7, 11) is 1.76. The summed E-state index contributed by atoms with van der Waals surface area (Å²) < 4.78 is 2.52. The molecule has 1 atom stereocenters. The second-order valence-electron chi connectivity index (χ2n) is 7.43. The second-order valence-corrected chi connectivity index (χ2v) is 8.69. The van der Waals surface area contributed by atoms with Crippen LogP contribution in [0.5, 0.6) is 0 Å². The monoisotopic (exact) mass is 504 g/mol. The van der Waals surface area contributed by atoms with Crippen molar-refractivity contribution < 1.29 is 9.59 Å². The van der Waals surface area contributed by atoms with Gasteiger partial charge < -0.3 is 15.5 Å². The lowest BCUT2D eigenvalue weighted by Crippen LogP contribution is -2.43. The Balaban J connectivity index is 1.44. The van der Waals surface area contributed by atoms with E-state index >= 15 is 0 Å². The predicted octanol–water partition coefficient (Wildman–Crippen LogP) is 3.35. The first-order valence-corrected chi connectivity index (χ1v) is 11.2. The molecule has 3 heterocycles. The molecule has 1 aliphatic heterocycles. The fraction of sp³-hybridized carbons (Fsp3) is 0.333. The predicted molar refractivity (Wildman–Crippen MR) is 123 cm³/mol. The Labute approximate surface area is 193 Å². The van der Waals surface area contributed by atoms with Gasteiger partial charge >= 0.3 is 0 Å². The smallest absolute Gasteiger partial charge is 0.244 e. The van der Waals surface area contributed by atoms with Crippen molar-refractivity contribution in [1.82, 2.24) is 24.8 Å². The Morgan fingerprint density at radius 1 is 1.42 bits per heavy atom. The lowest BCUT2D eigenvalue weighted by molar-refractivity contribution is -0.133. The maximum absolute atomic E-state index is 12.4. The summed E-state index contributed by atoms with van der Waals surface area (Å²) in [6, 6.07) is 9.08. The van der Waals surface area contributed by atoms with Crippen molar-refractivity contribution in [1.29, 1.82) is 0 Å². The quantitative estimate of drug-likeness (QED) is 0.481. The first kappa shape index (κ1) is 21.6. The Kier molecular flexibility index (Phi) is 6.43. The molecule has 4 rings (SSSR count). The molecule has 1 fully saturated rings. The van der Waals surface area contributed by atoms with Crippen LogP contribution in [0.4, 0.5) is 5.82 Å². The van der Waals surface area contributed by atoms with E-state index < -0.39 is 6.04 Å². The lowest BCUT2D eigenvalue weighted by Gasteiger charge is -2.21. The van der Waals surface area contributed by atoms with E-state index in [0.717, 1.165) is 28.0 Å². The summed E-state index contributed by atoms with van der Waals surface area (Å²) >= 11 is 9.87. The molecule has 1 aliphatic rings. The van der Waals surface area contributed by atoms with Gasteiger partial charge in [0.05, 0.1) is 16.4 Å². The minimum absolute atomic E-state index is 0.0471. The van der Waals surface area contributed by atoms with Crippen molar-refractivity contribution in [2.45, 2.75) is 25.3 Å². The van der Waals surface area contributed by atoms with Gasteiger partial charge in [0.2, 0.25) is 11.8 Å². The van der Waals surface area contributed by atoms with E-state index in [-0.39, 0.29) is 11.8 Å². The number of hydrogen-bond acceptors (Lipinski definition) is 5. The molecule has 0 saturated carbocycles. The topological polar surface area (TPSA) is 91.6 Å². The molecule has 3 aromatic rings. The molecule has 2 amide bonds. The molecule has 8 nitrogen and oxygen atoms in total. The zero-order valence-corrected chi connectivity index (χ0v) is 19.3. The highest BCUT2D eigenvalue weighted by Crippen LogP contribution is 2.30. The maximum atomic E-state index is 12.4. The van der Waals surface area contributed by atoms with Crippen molar-refractivity contribution in [3.8, 4) is 11.3 Å². The Hall–Kier alpha value is -2.65. The molecule has 0 radical (unpaired) electrons. The van der Waals surface area contributed by atoms with Crippen LogP contribution in [0.1, 0.15) is 19.3 Å². The molecule has 0 aliphatic carbocycles. The molecule has 10 heteroatoms. The van der Waals surface area contributed by atoms with Crippen LogP contribution in [0.3, 0.4) is 0 Å². The normalized spacial score (nSPS) is 15.8. The molecule has 1 saturated heterocycles. The standard InChI is InChI=1S/C21H22BrClN6O2/c1-28(21(31)16-7-8-19(30)26-16)10-4-9-24-18-11-17(13-5-2-3-6-15(13)23)27-20-14(22)12-25-29(18)20/h2-3,5-6,11-12,16,24H,4,7-10H2,1H3,(H,26,30). The van der Waals surface area contributed by atoms with Gasteiger partial charge in [-0.25, -0.2) is 4.98 Å². The van der Waals surface area contributed by atoms with Crippen LogP contribution in [0, 0.1) is 0 Å². The fourth-order valence-corrected chi connectivity index (χ4v) is 4.16. The van der Waals surface area contributed by atoms with Gasteiger partial charge in [0.1, 0.15) is 11.9 Å². The van der Waals surface area contributed by atoms with E-state index in [0.29, 0.717) is 36.6 Å². The summed E-state index contributed by atoms with van der Waals surface area (Å²) in [5.74, 6) is 0.673. The average molecular weight is 506 g/mol. The largest absolute Gasteiger partial charge is 0.370 e. The third-order valence-corrected chi connectivity index (χ3v) is 6.11. The number of nitrogens with zero attached hydrogens (tertiary/aromatic N) is 4. The fourth-order valence-electron chi connectivity index (χ4n) is 3.58. The van der Waals surface area contributed by atoms with E-state index in [4.69, 9.17) is 16.6 Å². The molecule has 162 valence electrons. The molecular formula is C21H22BrClN6O2. The van der Waals surface area contributed by atoms with Gasteiger partial charge in [-0.05, 0) is 34.8 Å².